The van der Waals surface area contributed by atoms with Gasteiger partial charge in [-0.1, -0.05) is 31.0 Å². The Balaban J connectivity index is 1.58. The largest absolute Gasteiger partial charge is 0.484 e. The summed E-state index contributed by atoms with van der Waals surface area (Å²) < 4.78 is 5.64. The van der Waals surface area contributed by atoms with E-state index in [0.29, 0.717) is 12.1 Å². The van der Waals surface area contributed by atoms with Crippen LogP contribution in [0, 0.1) is 0 Å². The summed E-state index contributed by atoms with van der Waals surface area (Å²) in [6.07, 6.45) is 7.47. The predicted molar refractivity (Wildman–Crippen MR) is 91.6 cm³/mol. The van der Waals surface area contributed by atoms with Gasteiger partial charge in [0.15, 0.2) is 6.61 Å². The minimum Gasteiger partial charge on any atom is -0.484 e. The van der Waals surface area contributed by atoms with Gasteiger partial charge in [-0.3, -0.25) is 9.69 Å². The lowest BCUT2D eigenvalue weighted by Crippen LogP contribution is -2.53. The number of amides is 1. The molecule has 0 bridgehead atoms. The van der Waals surface area contributed by atoms with Crippen LogP contribution in [0.15, 0.2) is 30.3 Å². The fourth-order valence-electron chi connectivity index (χ4n) is 3.99. The highest BCUT2D eigenvalue weighted by Gasteiger charge is 2.35. The van der Waals surface area contributed by atoms with Gasteiger partial charge in [0.25, 0.3) is 5.91 Å². The van der Waals surface area contributed by atoms with Gasteiger partial charge in [0.1, 0.15) is 5.75 Å². The fourth-order valence-corrected chi connectivity index (χ4v) is 3.99. The Bertz CT molecular complexity index is 499. The van der Waals surface area contributed by atoms with E-state index in [-0.39, 0.29) is 12.5 Å². The molecule has 1 aromatic rings. The van der Waals surface area contributed by atoms with Crippen LogP contribution in [0.2, 0.25) is 0 Å². The lowest BCUT2D eigenvalue weighted by atomic mass is 9.88. The molecule has 0 aromatic heterocycles. The molecule has 1 aromatic carbocycles. The van der Waals surface area contributed by atoms with Crippen LogP contribution in [0.5, 0.6) is 5.75 Å². The molecule has 4 nitrogen and oxygen atoms in total. The van der Waals surface area contributed by atoms with E-state index in [1.165, 1.54) is 45.2 Å². The summed E-state index contributed by atoms with van der Waals surface area (Å²) in [5.41, 5.74) is 0. The molecule has 2 fully saturated rings. The SMILES string of the molecule is CN(C(=O)COc1ccccc1)C1CCCCC1N1CCCC1. The van der Waals surface area contributed by atoms with E-state index >= 15 is 0 Å². The van der Waals surface area contributed by atoms with E-state index in [9.17, 15) is 4.79 Å². The second kappa shape index (κ2) is 7.82. The van der Waals surface area contributed by atoms with Crippen LogP contribution in [-0.2, 0) is 4.79 Å². The Morgan fingerprint density at radius 1 is 1.13 bits per heavy atom. The maximum absolute atomic E-state index is 12.6. The summed E-state index contributed by atoms with van der Waals surface area (Å²) in [5.74, 6) is 0.846. The Hall–Kier alpha value is -1.55. The van der Waals surface area contributed by atoms with Crippen molar-refractivity contribution >= 4 is 5.91 Å². The molecule has 2 unspecified atom stereocenters. The standard InChI is InChI=1S/C19H28N2O2/c1-20(19(22)15-23-16-9-3-2-4-10-16)17-11-5-6-12-18(17)21-13-7-8-14-21/h2-4,9-10,17-18H,5-8,11-15H2,1H3. The van der Waals surface area contributed by atoms with E-state index in [1.54, 1.807) is 0 Å². The zero-order valence-electron chi connectivity index (χ0n) is 14.1. The van der Waals surface area contributed by atoms with Crippen molar-refractivity contribution in [1.29, 1.82) is 0 Å². The van der Waals surface area contributed by atoms with Gasteiger partial charge in [-0.25, -0.2) is 0 Å². The molecule has 2 aliphatic rings. The summed E-state index contributed by atoms with van der Waals surface area (Å²) in [5, 5.41) is 0. The molecule has 1 aliphatic heterocycles. The summed E-state index contributed by atoms with van der Waals surface area (Å²) in [6, 6.07) is 10.5. The van der Waals surface area contributed by atoms with Crippen LogP contribution >= 0.6 is 0 Å². The number of likely N-dealkylation sites (tertiary alicyclic amines) is 1. The lowest BCUT2D eigenvalue weighted by Gasteiger charge is -2.42. The molecular formula is C19H28N2O2. The van der Waals surface area contributed by atoms with Gasteiger partial charge in [0, 0.05) is 19.1 Å². The maximum Gasteiger partial charge on any atom is 0.260 e. The van der Waals surface area contributed by atoms with Crippen LogP contribution < -0.4 is 4.74 Å². The number of hydrogen-bond donors (Lipinski definition) is 0. The van der Waals surface area contributed by atoms with Crippen molar-refractivity contribution in [2.75, 3.05) is 26.7 Å². The summed E-state index contributed by atoms with van der Waals surface area (Å²) in [7, 11) is 1.95. The molecule has 126 valence electrons. The average molecular weight is 316 g/mol. The Labute approximate surface area is 139 Å². The molecule has 3 rings (SSSR count). The summed E-state index contributed by atoms with van der Waals surface area (Å²) >= 11 is 0. The molecule has 0 radical (unpaired) electrons. The number of nitrogens with zero attached hydrogens (tertiary/aromatic N) is 2. The van der Waals surface area contributed by atoms with Gasteiger partial charge in [-0.15, -0.1) is 0 Å². The maximum atomic E-state index is 12.6. The highest BCUT2D eigenvalue weighted by Crippen LogP contribution is 2.29. The highest BCUT2D eigenvalue weighted by molar-refractivity contribution is 5.78. The quantitative estimate of drug-likeness (QED) is 0.837. The van der Waals surface area contributed by atoms with E-state index in [4.69, 9.17) is 4.74 Å². The second-order valence-corrected chi connectivity index (χ2v) is 6.77. The van der Waals surface area contributed by atoms with Gasteiger partial charge in [0.05, 0.1) is 0 Å². The average Bonchev–Trinajstić information content (AvgIpc) is 3.14. The lowest BCUT2D eigenvalue weighted by molar-refractivity contribution is -0.136. The number of benzene rings is 1. The first kappa shape index (κ1) is 16.3. The predicted octanol–water partition coefficient (Wildman–Crippen LogP) is 2.93. The number of ether oxygens (including phenoxy) is 1. The molecule has 1 aliphatic carbocycles. The van der Waals surface area contributed by atoms with Crippen LogP contribution in [0.25, 0.3) is 0 Å². The number of carbonyl (C=O) groups excluding carboxylic acids is 1. The van der Waals surface area contributed by atoms with Crippen LogP contribution in [0.3, 0.4) is 0 Å². The fraction of sp³-hybridized carbons (Fsp3) is 0.632. The number of para-hydroxylation sites is 1. The molecule has 1 amide bonds. The third kappa shape index (κ3) is 4.05. The van der Waals surface area contributed by atoms with Gasteiger partial charge in [-0.05, 0) is 50.9 Å². The first-order valence-corrected chi connectivity index (χ1v) is 8.93. The van der Waals surface area contributed by atoms with Gasteiger partial charge >= 0.3 is 0 Å². The van der Waals surface area contributed by atoms with E-state index in [1.807, 2.05) is 42.3 Å². The molecule has 0 N–H and O–H groups in total. The van der Waals surface area contributed by atoms with E-state index in [2.05, 4.69) is 4.90 Å². The molecule has 0 spiro atoms. The third-order valence-corrected chi connectivity index (χ3v) is 5.30. The Morgan fingerprint density at radius 3 is 2.57 bits per heavy atom. The van der Waals surface area contributed by atoms with Crippen molar-refractivity contribution in [2.24, 2.45) is 0 Å². The monoisotopic (exact) mass is 316 g/mol. The minimum atomic E-state index is 0.0879. The molecule has 1 saturated heterocycles. The normalized spacial score (nSPS) is 25.3. The summed E-state index contributed by atoms with van der Waals surface area (Å²) in [6.45, 7) is 2.52. The molecule has 1 saturated carbocycles. The van der Waals surface area contributed by atoms with Crippen molar-refractivity contribution in [3.8, 4) is 5.75 Å². The van der Waals surface area contributed by atoms with Crippen LogP contribution in [0.1, 0.15) is 38.5 Å². The topological polar surface area (TPSA) is 32.8 Å². The van der Waals surface area contributed by atoms with E-state index in [0.717, 1.165) is 12.2 Å². The Morgan fingerprint density at radius 2 is 1.83 bits per heavy atom. The number of carbonyl (C=O) groups is 1. The number of likely N-dealkylation sites (N-methyl/N-ethyl adjacent to an activating group) is 1. The van der Waals surface area contributed by atoms with Gasteiger partial charge in [-0.2, -0.15) is 0 Å². The third-order valence-electron chi connectivity index (χ3n) is 5.30. The second-order valence-electron chi connectivity index (χ2n) is 6.77. The van der Waals surface area contributed by atoms with Crippen molar-refractivity contribution in [2.45, 2.75) is 50.6 Å². The first-order valence-electron chi connectivity index (χ1n) is 8.93. The molecule has 2 atom stereocenters. The van der Waals surface area contributed by atoms with Gasteiger partial charge < -0.3 is 9.64 Å². The smallest absolute Gasteiger partial charge is 0.260 e. The van der Waals surface area contributed by atoms with Crippen LogP contribution in [0.4, 0.5) is 0 Å². The summed E-state index contributed by atoms with van der Waals surface area (Å²) in [4.78, 5) is 17.1. The van der Waals surface area contributed by atoms with Crippen molar-refractivity contribution < 1.29 is 9.53 Å². The zero-order chi connectivity index (χ0) is 16.1. The zero-order valence-corrected chi connectivity index (χ0v) is 14.1. The molecule has 23 heavy (non-hydrogen) atoms. The van der Waals surface area contributed by atoms with E-state index < -0.39 is 0 Å². The molecule has 1 heterocycles. The first-order chi connectivity index (χ1) is 11.3. The highest BCUT2D eigenvalue weighted by atomic mass is 16.5. The van der Waals surface area contributed by atoms with Crippen molar-refractivity contribution in [1.82, 2.24) is 9.80 Å². The van der Waals surface area contributed by atoms with Gasteiger partial charge in [0.2, 0.25) is 0 Å². The Kier molecular flexibility index (Phi) is 5.55. The molecular weight excluding hydrogens is 288 g/mol. The van der Waals surface area contributed by atoms with Crippen LogP contribution in [-0.4, -0.2) is 54.5 Å². The molecule has 4 heteroatoms. The number of rotatable bonds is 5. The van der Waals surface area contributed by atoms with Crippen molar-refractivity contribution in [3.63, 3.8) is 0 Å². The number of hydrogen-bond acceptors (Lipinski definition) is 3. The minimum absolute atomic E-state index is 0.0879. The van der Waals surface area contributed by atoms with Crippen molar-refractivity contribution in [3.05, 3.63) is 30.3 Å².